The van der Waals surface area contributed by atoms with E-state index in [0.29, 0.717) is 0 Å². The number of unbranched alkanes of at least 4 members (excludes halogenated alkanes) is 1. The van der Waals surface area contributed by atoms with Gasteiger partial charge in [-0.3, -0.25) is 0 Å². The summed E-state index contributed by atoms with van der Waals surface area (Å²) in [5, 5.41) is 3.36. The normalized spacial score (nSPS) is 13.0. The second-order valence-electron chi connectivity index (χ2n) is 4.22. The molecule has 0 aliphatic carbocycles. The van der Waals surface area contributed by atoms with Crippen molar-refractivity contribution in [3.05, 3.63) is 0 Å². The number of nitrogens with one attached hydrogen (secondary N) is 1. The molecule has 0 heterocycles. The summed E-state index contributed by atoms with van der Waals surface area (Å²) in [6.07, 6.45) is 7.50. The van der Waals surface area contributed by atoms with E-state index in [2.05, 4.69) is 12.2 Å². The molecule has 5 N–H and O–H groups in total. The van der Waals surface area contributed by atoms with Crippen LogP contribution in [0.4, 0.5) is 0 Å². The van der Waals surface area contributed by atoms with E-state index in [4.69, 9.17) is 11.5 Å². The van der Waals surface area contributed by atoms with Gasteiger partial charge in [-0.1, -0.05) is 19.8 Å². The summed E-state index contributed by atoms with van der Waals surface area (Å²) in [5.74, 6) is 0.820. The highest BCUT2D eigenvalue weighted by Crippen LogP contribution is 2.17. The number of hydrogen-bond acceptors (Lipinski definition) is 3. The SMILES string of the molecule is CCNCCCC(CCN)CCCCN. The zero-order chi connectivity index (χ0) is 11.4. The lowest BCUT2D eigenvalue weighted by Crippen LogP contribution is -2.16. The van der Waals surface area contributed by atoms with Crippen LogP contribution in [0.15, 0.2) is 0 Å². The Kier molecular flexibility index (Phi) is 11.9. The Morgan fingerprint density at radius 2 is 1.67 bits per heavy atom. The summed E-state index contributed by atoms with van der Waals surface area (Å²) < 4.78 is 0. The Labute approximate surface area is 95.0 Å². The van der Waals surface area contributed by atoms with Crippen molar-refractivity contribution in [3.63, 3.8) is 0 Å². The summed E-state index contributed by atoms with van der Waals surface area (Å²) in [6.45, 7) is 6.03. The molecule has 0 saturated carbocycles. The molecule has 0 rings (SSSR count). The number of hydrogen-bond donors (Lipinski definition) is 3. The van der Waals surface area contributed by atoms with Crippen LogP contribution in [0, 0.1) is 5.92 Å². The van der Waals surface area contributed by atoms with E-state index in [0.717, 1.165) is 38.5 Å². The van der Waals surface area contributed by atoms with Crippen molar-refractivity contribution in [3.8, 4) is 0 Å². The average molecular weight is 215 g/mol. The molecule has 0 aliphatic heterocycles. The van der Waals surface area contributed by atoms with Crippen molar-refractivity contribution in [2.24, 2.45) is 17.4 Å². The van der Waals surface area contributed by atoms with Crippen molar-refractivity contribution in [1.82, 2.24) is 5.32 Å². The Hall–Kier alpha value is -0.120. The Morgan fingerprint density at radius 1 is 0.933 bits per heavy atom. The predicted molar refractivity (Wildman–Crippen MR) is 67.8 cm³/mol. The summed E-state index contributed by atoms with van der Waals surface area (Å²) in [5.41, 5.74) is 11.1. The Bertz CT molecular complexity index is 117. The summed E-state index contributed by atoms with van der Waals surface area (Å²) in [6, 6.07) is 0. The van der Waals surface area contributed by atoms with Crippen LogP contribution < -0.4 is 16.8 Å². The molecule has 3 heteroatoms. The molecule has 0 aromatic heterocycles. The van der Waals surface area contributed by atoms with Gasteiger partial charge in [0, 0.05) is 0 Å². The van der Waals surface area contributed by atoms with E-state index >= 15 is 0 Å². The molecule has 0 amide bonds. The van der Waals surface area contributed by atoms with Crippen molar-refractivity contribution in [2.75, 3.05) is 26.2 Å². The molecule has 0 fully saturated rings. The van der Waals surface area contributed by atoms with E-state index in [9.17, 15) is 0 Å². The van der Waals surface area contributed by atoms with Crippen LogP contribution in [0.2, 0.25) is 0 Å². The lowest BCUT2D eigenvalue weighted by molar-refractivity contribution is 0.394. The first-order valence-corrected chi connectivity index (χ1v) is 6.46. The fraction of sp³-hybridized carbons (Fsp3) is 1.00. The zero-order valence-corrected chi connectivity index (χ0v) is 10.3. The van der Waals surface area contributed by atoms with Gasteiger partial charge in [0.15, 0.2) is 0 Å². The highest BCUT2D eigenvalue weighted by atomic mass is 14.8. The van der Waals surface area contributed by atoms with Crippen LogP contribution in [-0.2, 0) is 0 Å². The average Bonchev–Trinajstić information content (AvgIpc) is 2.24. The first-order chi connectivity index (χ1) is 7.35. The number of rotatable bonds is 11. The van der Waals surface area contributed by atoms with E-state index in [1.165, 1.54) is 32.1 Å². The molecule has 0 radical (unpaired) electrons. The summed E-state index contributed by atoms with van der Waals surface area (Å²) >= 11 is 0. The van der Waals surface area contributed by atoms with Gasteiger partial charge in [0.1, 0.15) is 0 Å². The van der Waals surface area contributed by atoms with Crippen molar-refractivity contribution < 1.29 is 0 Å². The first-order valence-electron chi connectivity index (χ1n) is 6.46. The predicted octanol–water partition coefficient (Wildman–Crippen LogP) is 1.47. The smallest absolute Gasteiger partial charge is 0.00489 e. The first kappa shape index (κ1) is 14.9. The molecule has 0 bridgehead atoms. The maximum absolute atomic E-state index is 5.62. The van der Waals surface area contributed by atoms with E-state index in [1.807, 2.05) is 0 Å². The van der Waals surface area contributed by atoms with Crippen LogP contribution in [0.1, 0.15) is 45.4 Å². The molecular weight excluding hydrogens is 186 g/mol. The van der Waals surface area contributed by atoms with Crippen LogP contribution in [0.5, 0.6) is 0 Å². The minimum Gasteiger partial charge on any atom is -0.330 e. The molecule has 1 unspecified atom stereocenters. The van der Waals surface area contributed by atoms with Gasteiger partial charge in [0.2, 0.25) is 0 Å². The third kappa shape index (κ3) is 10.2. The third-order valence-electron chi connectivity index (χ3n) is 2.86. The highest BCUT2D eigenvalue weighted by molar-refractivity contribution is 4.62. The Morgan fingerprint density at radius 3 is 2.27 bits per heavy atom. The molecule has 0 spiro atoms. The lowest BCUT2D eigenvalue weighted by atomic mass is 9.93. The van der Waals surface area contributed by atoms with E-state index in [-0.39, 0.29) is 0 Å². The van der Waals surface area contributed by atoms with Gasteiger partial charge >= 0.3 is 0 Å². The molecule has 0 aliphatic rings. The quantitative estimate of drug-likeness (QED) is 0.457. The second-order valence-corrected chi connectivity index (χ2v) is 4.22. The van der Waals surface area contributed by atoms with Gasteiger partial charge in [0.05, 0.1) is 0 Å². The van der Waals surface area contributed by atoms with Gasteiger partial charge in [-0.2, -0.15) is 0 Å². The monoisotopic (exact) mass is 215 g/mol. The molecule has 1 atom stereocenters. The second kappa shape index (κ2) is 12.0. The Balaban J connectivity index is 3.44. The van der Waals surface area contributed by atoms with Crippen molar-refractivity contribution in [1.29, 1.82) is 0 Å². The van der Waals surface area contributed by atoms with E-state index in [1.54, 1.807) is 0 Å². The minimum atomic E-state index is 0.820. The molecule has 0 aromatic rings. The number of nitrogens with two attached hydrogens (primary N) is 2. The van der Waals surface area contributed by atoms with Crippen LogP contribution >= 0.6 is 0 Å². The van der Waals surface area contributed by atoms with Gasteiger partial charge in [-0.25, -0.2) is 0 Å². The standard InChI is InChI=1S/C12H29N3/c1-2-15-11-5-7-12(8-10-14)6-3-4-9-13/h12,15H,2-11,13-14H2,1H3. The summed E-state index contributed by atoms with van der Waals surface area (Å²) in [4.78, 5) is 0. The van der Waals surface area contributed by atoms with Crippen LogP contribution in [0.3, 0.4) is 0 Å². The molecule has 15 heavy (non-hydrogen) atoms. The molecule has 0 saturated heterocycles. The maximum atomic E-state index is 5.62. The molecule has 3 nitrogen and oxygen atoms in total. The van der Waals surface area contributed by atoms with Crippen LogP contribution in [-0.4, -0.2) is 26.2 Å². The minimum absolute atomic E-state index is 0.820. The van der Waals surface area contributed by atoms with Crippen molar-refractivity contribution in [2.45, 2.75) is 45.4 Å². The highest BCUT2D eigenvalue weighted by Gasteiger charge is 2.06. The molecule has 0 aromatic carbocycles. The maximum Gasteiger partial charge on any atom is -0.00489 e. The molecule has 92 valence electrons. The lowest BCUT2D eigenvalue weighted by Gasteiger charge is -2.15. The molecular formula is C12H29N3. The van der Waals surface area contributed by atoms with Crippen molar-refractivity contribution >= 4 is 0 Å². The van der Waals surface area contributed by atoms with Crippen LogP contribution in [0.25, 0.3) is 0 Å². The topological polar surface area (TPSA) is 64.1 Å². The van der Waals surface area contributed by atoms with Gasteiger partial charge in [-0.15, -0.1) is 0 Å². The fourth-order valence-corrected chi connectivity index (χ4v) is 1.94. The van der Waals surface area contributed by atoms with Gasteiger partial charge in [-0.05, 0) is 57.8 Å². The zero-order valence-electron chi connectivity index (χ0n) is 10.3. The van der Waals surface area contributed by atoms with E-state index < -0.39 is 0 Å². The largest absolute Gasteiger partial charge is 0.330 e. The van der Waals surface area contributed by atoms with Gasteiger partial charge < -0.3 is 16.8 Å². The third-order valence-corrected chi connectivity index (χ3v) is 2.86. The van der Waals surface area contributed by atoms with Gasteiger partial charge in [0.25, 0.3) is 0 Å². The summed E-state index contributed by atoms with van der Waals surface area (Å²) in [7, 11) is 0. The fourth-order valence-electron chi connectivity index (χ4n) is 1.94.